The third-order valence-corrected chi connectivity index (χ3v) is 3.14. The summed E-state index contributed by atoms with van der Waals surface area (Å²) in [4.78, 5) is 12.7. The number of hydrogen-bond acceptors (Lipinski definition) is 1. The normalized spacial score (nSPS) is 20.1. The Morgan fingerprint density at radius 1 is 1.24 bits per heavy atom. The van der Waals surface area contributed by atoms with Crippen molar-refractivity contribution < 1.29 is 18.0 Å². The van der Waals surface area contributed by atoms with Crippen LogP contribution < -0.4 is 4.90 Å². The maximum Gasteiger partial charge on any atom is 0.227 e. The third-order valence-electron chi connectivity index (χ3n) is 2.70. The average Bonchev–Trinajstić information content (AvgIpc) is 2.65. The van der Waals surface area contributed by atoms with E-state index in [9.17, 15) is 18.0 Å². The smallest absolute Gasteiger partial charge is 0.227 e. The standard InChI is InChI=1S/C11H9ClF3NO/c12-4-6-1-11(17)16(5-6)10-3-8(14)7(13)2-9(10)15/h2-3,6H,1,4-5H2. The molecule has 1 fully saturated rings. The highest BCUT2D eigenvalue weighted by molar-refractivity contribution is 6.18. The van der Waals surface area contributed by atoms with E-state index in [1.165, 1.54) is 0 Å². The van der Waals surface area contributed by atoms with Gasteiger partial charge < -0.3 is 4.90 Å². The predicted molar refractivity (Wildman–Crippen MR) is 57.5 cm³/mol. The quantitative estimate of drug-likeness (QED) is 0.593. The van der Waals surface area contributed by atoms with Crippen molar-refractivity contribution >= 4 is 23.2 Å². The molecule has 0 N–H and O–H groups in total. The summed E-state index contributed by atoms with van der Waals surface area (Å²) in [6.45, 7) is 0.227. The van der Waals surface area contributed by atoms with E-state index in [0.717, 1.165) is 4.90 Å². The van der Waals surface area contributed by atoms with Crippen LogP contribution in [0.5, 0.6) is 0 Å². The first-order chi connectivity index (χ1) is 8.02. The van der Waals surface area contributed by atoms with Crippen LogP contribution in [0.15, 0.2) is 12.1 Å². The van der Waals surface area contributed by atoms with Crippen LogP contribution in [0.3, 0.4) is 0 Å². The van der Waals surface area contributed by atoms with Crippen molar-refractivity contribution in [2.75, 3.05) is 17.3 Å². The molecule has 6 heteroatoms. The van der Waals surface area contributed by atoms with Gasteiger partial charge in [0, 0.05) is 31.0 Å². The lowest BCUT2D eigenvalue weighted by Gasteiger charge is -2.17. The molecule has 0 radical (unpaired) electrons. The molecule has 1 unspecified atom stereocenters. The van der Waals surface area contributed by atoms with E-state index in [1.54, 1.807) is 0 Å². The monoisotopic (exact) mass is 263 g/mol. The molecule has 2 rings (SSSR count). The number of alkyl halides is 1. The third kappa shape index (κ3) is 2.24. The lowest BCUT2D eigenvalue weighted by Crippen LogP contribution is -2.26. The van der Waals surface area contributed by atoms with E-state index in [2.05, 4.69) is 0 Å². The molecular formula is C11H9ClF3NO. The summed E-state index contributed by atoms with van der Waals surface area (Å²) in [5.41, 5.74) is -0.235. The summed E-state index contributed by atoms with van der Waals surface area (Å²) in [6, 6.07) is 1.13. The molecule has 92 valence electrons. The number of benzene rings is 1. The first-order valence-electron chi connectivity index (χ1n) is 5.03. The van der Waals surface area contributed by atoms with Crippen LogP contribution in [0.4, 0.5) is 18.9 Å². The molecule has 1 atom stereocenters. The zero-order valence-corrected chi connectivity index (χ0v) is 9.48. The molecule has 0 saturated carbocycles. The van der Waals surface area contributed by atoms with Gasteiger partial charge in [-0.25, -0.2) is 13.2 Å². The fraction of sp³-hybridized carbons (Fsp3) is 0.364. The van der Waals surface area contributed by atoms with E-state index < -0.39 is 17.5 Å². The second kappa shape index (κ2) is 4.56. The van der Waals surface area contributed by atoms with E-state index in [0.29, 0.717) is 12.1 Å². The van der Waals surface area contributed by atoms with Gasteiger partial charge in [-0.2, -0.15) is 0 Å². The lowest BCUT2D eigenvalue weighted by atomic mass is 10.1. The molecule has 1 amide bonds. The summed E-state index contributed by atoms with van der Waals surface area (Å²) in [5.74, 6) is -3.55. The van der Waals surface area contributed by atoms with Gasteiger partial charge in [0.1, 0.15) is 5.82 Å². The Labute approximate surface area is 101 Å². The number of nitrogens with zero attached hydrogens (tertiary/aromatic N) is 1. The molecule has 0 aromatic heterocycles. The molecule has 17 heavy (non-hydrogen) atoms. The van der Waals surface area contributed by atoms with E-state index >= 15 is 0 Å². The molecule has 1 aromatic carbocycles. The molecule has 2 nitrogen and oxygen atoms in total. The van der Waals surface area contributed by atoms with Crippen molar-refractivity contribution in [2.45, 2.75) is 6.42 Å². The highest BCUT2D eigenvalue weighted by Crippen LogP contribution is 2.29. The number of carbonyl (C=O) groups excluding carboxylic acids is 1. The summed E-state index contributed by atoms with van der Waals surface area (Å²) in [5, 5.41) is 0. The van der Waals surface area contributed by atoms with Gasteiger partial charge in [0.2, 0.25) is 5.91 Å². The molecule has 0 spiro atoms. The van der Waals surface area contributed by atoms with Crippen molar-refractivity contribution in [3.63, 3.8) is 0 Å². The van der Waals surface area contributed by atoms with Gasteiger partial charge in [-0.3, -0.25) is 4.79 Å². The zero-order valence-electron chi connectivity index (χ0n) is 8.72. The molecule has 0 bridgehead atoms. The summed E-state index contributed by atoms with van der Waals surface area (Å²) in [7, 11) is 0. The minimum Gasteiger partial charge on any atom is -0.309 e. The number of rotatable bonds is 2. The summed E-state index contributed by atoms with van der Waals surface area (Å²) in [6.07, 6.45) is 0.196. The molecule has 1 saturated heterocycles. The summed E-state index contributed by atoms with van der Waals surface area (Å²) < 4.78 is 39.2. The Balaban J connectivity index is 2.35. The fourth-order valence-corrected chi connectivity index (χ4v) is 2.04. The molecule has 1 aliphatic rings. The SMILES string of the molecule is O=C1CC(CCl)CN1c1cc(F)c(F)cc1F. The Bertz CT molecular complexity index is 466. The van der Waals surface area contributed by atoms with E-state index in [1.807, 2.05) is 0 Å². The highest BCUT2D eigenvalue weighted by Gasteiger charge is 2.32. The molecule has 1 aromatic rings. The molecule has 0 aliphatic carbocycles. The average molecular weight is 264 g/mol. The van der Waals surface area contributed by atoms with Gasteiger partial charge in [-0.15, -0.1) is 11.6 Å². The van der Waals surface area contributed by atoms with Gasteiger partial charge in [0.05, 0.1) is 5.69 Å². The Morgan fingerprint density at radius 3 is 2.47 bits per heavy atom. The van der Waals surface area contributed by atoms with Gasteiger partial charge in [-0.05, 0) is 5.92 Å². The molecule has 1 aliphatic heterocycles. The fourth-order valence-electron chi connectivity index (χ4n) is 1.84. The maximum absolute atomic E-state index is 13.5. The topological polar surface area (TPSA) is 20.3 Å². The van der Waals surface area contributed by atoms with Gasteiger partial charge in [-0.1, -0.05) is 0 Å². The highest BCUT2D eigenvalue weighted by atomic mass is 35.5. The second-order valence-corrected chi connectivity index (χ2v) is 4.26. The van der Waals surface area contributed by atoms with Crippen molar-refractivity contribution in [2.24, 2.45) is 5.92 Å². The van der Waals surface area contributed by atoms with Crippen LogP contribution >= 0.6 is 11.6 Å². The molecular weight excluding hydrogens is 255 g/mol. The molecule has 1 heterocycles. The van der Waals surface area contributed by atoms with Crippen molar-refractivity contribution in [3.05, 3.63) is 29.6 Å². The lowest BCUT2D eigenvalue weighted by molar-refractivity contribution is -0.117. The van der Waals surface area contributed by atoms with Gasteiger partial charge >= 0.3 is 0 Å². The second-order valence-electron chi connectivity index (χ2n) is 3.95. The van der Waals surface area contributed by atoms with Gasteiger partial charge in [0.15, 0.2) is 11.6 Å². The minimum absolute atomic E-state index is 0.0864. The van der Waals surface area contributed by atoms with Gasteiger partial charge in [0.25, 0.3) is 0 Å². The number of carbonyl (C=O) groups is 1. The Morgan fingerprint density at radius 2 is 1.88 bits per heavy atom. The summed E-state index contributed by atoms with van der Waals surface area (Å²) >= 11 is 5.62. The van der Waals surface area contributed by atoms with Crippen LogP contribution in [0.25, 0.3) is 0 Å². The number of hydrogen-bond donors (Lipinski definition) is 0. The van der Waals surface area contributed by atoms with Crippen LogP contribution in [0.1, 0.15) is 6.42 Å². The Kier molecular flexibility index (Phi) is 3.28. The van der Waals surface area contributed by atoms with Crippen LogP contribution in [0.2, 0.25) is 0 Å². The first-order valence-corrected chi connectivity index (χ1v) is 5.57. The van der Waals surface area contributed by atoms with Crippen molar-refractivity contribution in [1.82, 2.24) is 0 Å². The van der Waals surface area contributed by atoms with E-state index in [-0.39, 0.29) is 36.4 Å². The Hall–Kier alpha value is -1.23. The zero-order chi connectivity index (χ0) is 12.6. The van der Waals surface area contributed by atoms with E-state index in [4.69, 9.17) is 11.6 Å². The number of halogens is 4. The predicted octanol–water partition coefficient (Wildman–Crippen LogP) is 2.70. The minimum atomic E-state index is -1.27. The largest absolute Gasteiger partial charge is 0.309 e. The first kappa shape index (κ1) is 12.2. The van der Waals surface area contributed by atoms with Crippen LogP contribution in [-0.4, -0.2) is 18.3 Å². The van der Waals surface area contributed by atoms with Crippen molar-refractivity contribution in [3.8, 4) is 0 Å². The van der Waals surface area contributed by atoms with Crippen LogP contribution in [0, 0.1) is 23.4 Å². The maximum atomic E-state index is 13.5. The van der Waals surface area contributed by atoms with Crippen LogP contribution in [-0.2, 0) is 4.79 Å². The van der Waals surface area contributed by atoms with Crippen molar-refractivity contribution in [1.29, 1.82) is 0 Å². The number of anilines is 1. The number of amides is 1.